The predicted molar refractivity (Wildman–Crippen MR) is 163 cm³/mol. The number of hydrogen-bond acceptors (Lipinski definition) is 11. The maximum atomic E-state index is 12.0. The third-order valence-electron chi connectivity index (χ3n) is 6.24. The lowest BCUT2D eigenvalue weighted by atomic mass is 9.98. The molecule has 1 fully saturated rings. The third kappa shape index (κ3) is 20.8. The molecule has 0 atom stereocenters. The van der Waals surface area contributed by atoms with E-state index in [-0.39, 0.29) is 17.7 Å². The first-order chi connectivity index (χ1) is 19.5. The van der Waals surface area contributed by atoms with Crippen molar-refractivity contribution in [2.45, 2.75) is 44.6 Å². The van der Waals surface area contributed by atoms with Crippen molar-refractivity contribution in [3.8, 4) is 0 Å². The number of carbonyl (C=O) groups excluding carboxylic acids is 3. The van der Waals surface area contributed by atoms with Gasteiger partial charge in [0.25, 0.3) is 0 Å². The summed E-state index contributed by atoms with van der Waals surface area (Å²) in [7, 11) is 0. The molecule has 3 amide bonds. The SMILES string of the molecule is CC(=O)NC1(CNCCNCCNC(=O)CCCC(=O)NCCCN=C=S)CNCCNCCCNCCNC1. The summed E-state index contributed by atoms with van der Waals surface area (Å²) in [6, 6.07) is 0. The topological polar surface area (TPSA) is 172 Å². The summed E-state index contributed by atoms with van der Waals surface area (Å²) in [4.78, 5) is 39.6. The van der Waals surface area contributed by atoms with Crippen LogP contribution in [0.2, 0.25) is 0 Å². The van der Waals surface area contributed by atoms with E-state index in [1.807, 2.05) is 0 Å². The van der Waals surface area contributed by atoms with Gasteiger partial charge in [0.05, 0.1) is 17.2 Å². The van der Waals surface area contributed by atoms with Crippen LogP contribution in [0.1, 0.15) is 39.0 Å². The third-order valence-corrected chi connectivity index (χ3v) is 6.37. The van der Waals surface area contributed by atoms with Gasteiger partial charge in [0, 0.05) is 98.3 Å². The molecule has 0 aromatic carbocycles. The highest BCUT2D eigenvalue weighted by molar-refractivity contribution is 7.78. The molecule has 0 spiro atoms. The van der Waals surface area contributed by atoms with Crippen LogP contribution in [0, 0.1) is 0 Å². The molecular weight excluding hydrogens is 532 g/mol. The minimum Gasteiger partial charge on any atom is -0.356 e. The second-order valence-corrected chi connectivity index (χ2v) is 10.2. The Kier molecular flexibility index (Phi) is 22.3. The number of thiocarbonyl (C=S) groups is 1. The van der Waals surface area contributed by atoms with Crippen LogP contribution in [0.5, 0.6) is 0 Å². The van der Waals surface area contributed by atoms with Crippen LogP contribution < -0.4 is 47.9 Å². The first-order valence-electron chi connectivity index (χ1n) is 14.6. The zero-order valence-electron chi connectivity index (χ0n) is 24.2. The number of rotatable bonds is 17. The van der Waals surface area contributed by atoms with Crippen molar-refractivity contribution in [2.24, 2.45) is 4.99 Å². The van der Waals surface area contributed by atoms with Crippen molar-refractivity contribution in [3.63, 3.8) is 0 Å². The van der Waals surface area contributed by atoms with E-state index in [9.17, 15) is 14.4 Å². The molecule has 0 unspecified atom stereocenters. The number of carbonyl (C=O) groups is 3. The van der Waals surface area contributed by atoms with Crippen molar-refractivity contribution in [3.05, 3.63) is 0 Å². The zero-order chi connectivity index (χ0) is 29.2. The van der Waals surface area contributed by atoms with E-state index in [1.165, 1.54) is 0 Å². The summed E-state index contributed by atoms with van der Waals surface area (Å²) in [5.41, 5.74) is -0.445. The molecule has 0 aliphatic carbocycles. The molecule has 13 nitrogen and oxygen atoms in total. The van der Waals surface area contributed by atoms with Gasteiger partial charge in [-0.3, -0.25) is 14.4 Å². The van der Waals surface area contributed by atoms with E-state index in [1.54, 1.807) is 6.92 Å². The quantitative estimate of drug-likeness (QED) is 0.0514. The fraction of sp³-hybridized carbons (Fsp3) is 0.846. The molecule has 0 saturated carbocycles. The average Bonchev–Trinajstić information content (AvgIpc) is 2.92. The van der Waals surface area contributed by atoms with E-state index >= 15 is 0 Å². The molecule has 14 heteroatoms. The van der Waals surface area contributed by atoms with Crippen molar-refractivity contribution in [1.82, 2.24) is 47.9 Å². The minimum absolute atomic E-state index is 0.0506. The second kappa shape index (κ2) is 24.7. The van der Waals surface area contributed by atoms with Crippen LogP contribution >= 0.6 is 12.2 Å². The maximum absolute atomic E-state index is 12.0. The molecule has 40 heavy (non-hydrogen) atoms. The monoisotopic (exact) mass is 584 g/mol. The van der Waals surface area contributed by atoms with Gasteiger partial charge in [-0.15, -0.1) is 0 Å². The molecule has 1 aliphatic rings. The van der Waals surface area contributed by atoms with Gasteiger partial charge in [0.2, 0.25) is 17.7 Å². The van der Waals surface area contributed by atoms with Crippen LogP contribution in [0.3, 0.4) is 0 Å². The van der Waals surface area contributed by atoms with Crippen LogP contribution in [0.4, 0.5) is 0 Å². The van der Waals surface area contributed by atoms with Gasteiger partial charge in [0.15, 0.2) is 0 Å². The first kappa shape index (κ1) is 36.0. The number of hydrogen-bond donors (Lipinski definition) is 9. The Balaban J connectivity index is 2.21. The normalized spacial score (nSPS) is 16.6. The van der Waals surface area contributed by atoms with Gasteiger partial charge in [-0.1, -0.05) is 0 Å². The van der Waals surface area contributed by atoms with E-state index < -0.39 is 5.54 Å². The smallest absolute Gasteiger partial charge is 0.220 e. The van der Waals surface area contributed by atoms with Gasteiger partial charge in [-0.2, -0.15) is 0 Å². The molecule has 9 N–H and O–H groups in total. The first-order valence-corrected chi connectivity index (χ1v) is 15.0. The lowest BCUT2D eigenvalue weighted by molar-refractivity contribution is -0.123. The summed E-state index contributed by atoms with van der Waals surface area (Å²) < 4.78 is 0. The van der Waals surface area contributed by atoms with E-state index in [2.05, 4.69) is 70.2 Å². The van der Waals surface area contributed by atoms with E-state index in [4.69, 9.17) is 0 Å². The molecule has 0 aromatic rings. The fourth-order valence-electron chi connectivity index (χ4n) is 4.23. The molecule has 230 valence electrons. The zero-order valence-corrected chi connectivity index (χ0v) is 25.0. The van der Waals surface area contributed by atoms with Crippen molar-refractivity contribution in [1.29, 1.82) is 0 Å². The van der Waals surface area contributed by atoms with Gasteiger partial charge < -0.3 is 47.9 Å². The maximum Gasteiger partial charge on any atom is 0.220 e. The lowest BCUT2D eigenvalue weighted by Gasteiger charge is -2.36. The summed E-state index contributed by atoms with van der Waals surface area (Å²) in [6.45, 7) is 12.7. The largest absolute Gasteiger partial charge is 0.356 e. The minimum atomic E-state index is -0.445. The molecule has 0 radical (unpaired) electrons. The number of amides is 3. The number of nitrogens with zero attached hydrogens (tertiary/aromatic N) is 1. The van der Waals surface area contributed by atoms with Gasteiger partial charge in [-0.25, -0.2) is 4.99 Å². The summed E-state index contributed by atoms with van der Waals surface area (Å²) in [6.07, 6.45) is 2.99. The van der Waals surface area contributed by atoms with Crippen LogP contribution in [0.25, 0.3) is 0 Å². The highest BCUT2D eigenvalue weighted by Crippen LogP contribution is 2.02. The van der Waals surface area contributed by atoms with E-state index in [0.717, 1.165) is 65.2 Å². The van der Waals surface area contributed by atoms with Crippen LogP contribution in [0.15, 0.2) is 4.99 Å². The van der Waals surface area contributed by atoms with E-state index in [0.29, 0.717) is 65.1 Å². The van der Waals surface area contributed by atoms with Gasteiger partial charge in [-0.05, 0) is 44.6 Å². The Morgan fingerprint density at radius 2 is 1.35 bits per heavy atom. The Hall–Kier alpha value is -2.03. The predicted octanol–water partition coefficient (Wildman–Crippen LogP) is -2.30. The average molecular weight is 585 g/mol. The summed E-state index contributed by atoms with van der Waals surface area (Å²) >= 11 is 4.49. The highest BCUT2D eigenvalue weighted by Gasteiger charge is 2.30. The molecule has 0 bridgehead atoms. The Morgan fingerprint density at radius 1 is 0.775 bits per heavy atom. The molecule has 1 aliphatic heterocycles. The van der Waals surface area contributed by atoms with Crippen molar-refractivity contribution in [2.75, 3.05) is 98.2 Å². The number of nitrogens with one attached hydrogen (secondary N) is 9. The summed E-state index contributed by atoms with van der Waals surface area (Å²) in [5, 5.41) is 31.8. The second-order valence-electron chi connectivity index (χ2n) is 9.98. The van der Waals surface area contributed by atoms with Crippen molar-refractivity contribution >= 4 is 35.1 Å². The Morgan fingerprint density at radius 3 is 1.98 bits per heavy atom. The molecule has 1 rings (SSSR count). The van der Waals surface area contributed by atoms with Crippen LogP contribution in [-0.2, 0) is 14.4 Å². The highest BCUT2D eigenvalue weighted by atomic mass is 32.1. The standard InChI is InChI=1S/C26H52N10O3S/c1-23(37)36-26(19-30-14-11-27-7-3-8-28-12-15-31-20-26)21-32-16-13-29-17-18-35-25(39)6-2-5-24(38)34-10-4-9-33-22-40/h27-32H,2-21H2,1H3,(H,34,38)(H,35,39)(H,36,37). The lowest BCUT2D eigenvalue weighted by Crippen LogP contribution is -2.65. The number of aliphatic imine (C=N–C) groups is 1. The Bertz CT molecular complexity index is 738. The van der Waals surface area contributed by atoms with Gasteiger partial charge >= 0.3 is 0 Å². The molecule has 1 heterocycles. The fourth-order valence-corrected chi connectivity index (χ4v) is 4.32. The van der Waals surface area contributed by atoms with Gasteiger partial charge in [0.1, 0.15) is 0 Å². The van der Waals surface area contributed by atoms with Crippen molar-refractivity contribution < 1.29 is 14.4 Å². The van der Waals surface area contributed by atoms with Crippen LogP contribution in [-0.4, -0.2) is 127 Å². The molecule has 1 saturated heterocycles. The Labute approximate surface area is 245 Å². The molecule has 0 aromatic heterocycles. The number of isothiocyanates is 1. The molecular formula is C26H52N10O3S. The summed E-state index contributed by atoms with van der Waals surface area (Å²) in [5.74, 6) is -0.165.